The van der Waals surface area contributed by atoms with Crippen LogP contribution < -0.4 is 22.5 Å². The predicted molar refractivity (Wildman–Crippen MR) is 83.3 cm³/mol. The van der Waals surface area contributed by atoms with Gasteiger partial charge >= 0.3 is 0 Å². The molecule has 0 saturated heterocycles. The maximum absolute atomic E-state index is 5.70. The number of hydrogen-bond acceptors (Lipinski definition) is 10. The van der Waals surface area contributed by atoms with E-state index in [1.807, 2.05) is 0 Å². The van der Waals surface area contributed by atoms with Crippen molar-refractivity contribution >= 4 is 23.3 Å². The number of nitrogens with zero attached hydrogens (tertiary/aromatic N) is 8. The number of hydrazone groups is 2. The van der Waals surface area contributed by atoms with Crippen molar-refractivity contribution in [3.8, 4) is 0 Å². The van der Waals surface area contributed by atoms with E-state index in [-0.39, 0.29) is 0 Å². The van der Waals surface area contributed by atoms with Gasteiger partial charge in [-0.3, -0.25) is 0 Å². The summed E-state index contributed by atoms with van der Waals surface area (Å²) in [4.78, 5) is 0. The zero-order valence-corrected chi connectivity index (χ0v) is 12.7. The van der Waals surface area contributed by atoms with E-state index in [9.17, 15) is 0 Å². The molecule has 0 atom stereocenters. The minimum atomic E-state index is 0.329. The molecule has 0 fully saturated rings. The molecular weight excluding hydrogens is 288 g/mol. The molecule has 0 aliphatic rings. The number of anilines is 2. The summed E-state index contributed by atoms with van der Waals surface area (Å²) in [5.74, 6) is 13.2. The van der Waals surface area contributed by atoms with E-state index in [2.05, 4.69) is 41.4 Å². The number of nitrogens with one attached hydrogen (secondary N) is 2. The van der Waals surface area contributed by atoms with E-state index < -0.39 is 0 Å². The Morgan fingerprint density at radius 2 is 1.18 bits per heavy atom. The van der Waals surface area contributed by atoms with Gasteiger partial charge in [-0.25, -0.2) is 20.2 Å². The monoisotopic (exact) mass is 306 g/mol. The van der Waals surface area contributed by atoms with E-state index in [0.29, 0.717) is 35.0 Å². The van der Waals surface area contributed by atoms with Crippen molar-refractivity contribution in [1.82, 2.24) is 29.7 Å². The van der Waals surface area contributed by atoms with Gasteiger partial charge in [0.15, 0.2) is 11.6 Å². The van der Waals surface area contributed by atoms with Crippen LogP contribution >= 0.6 is 0 Å². The molecule has 0 aromatic carbocycles. The molecule has 0 spiro atoms. The Labute approximate surface area is 126 Å². The number of aryl methyl sites for hydroxylation is 2. The average Bonchev–Trinajstić information content (AvgIpc) is 2.99. The Kier molecular flexibility index (Phi) is 4.20. The van der Waals surface area contributed by atoms with E-state index in [4.69, 9.17) is 11.7 Å². The third kappa shape index (κ3) is 3.11. The Balaban J connectivity index is 2.03. The van der Waals surface area contributed by atoms with Gasteiger partial charge in [0, 0.05) is 0 Å². The molecule has 0 amide bonds. The highest BCUT2D eigenvalue weighted by atomic mass is 15.5. The number of rotatable bonds is 5. The minimum Gasteiger partial charge on any atom is -0.335 e. The first-order chi connectivity index (χ1) is 10.4. The summed E-state index contributed by atoms with van der Waals surface area (Å²) >= 11 is 0. The smallest absolute Gasteiger partial charge is 0.263 e. The fraction of sp³-hybridized carbons (Fsp3) is 0.400. The van der Waals surface area contributed by atoms with Crippen LogP contribution in [0.2, 0.25) is 0 Å². The van der Waals surface area contributed by atoms with Gasteiger partial charge < -0.3 is 11.7 Å². The van der Waals surface area contributed by atoms with Crippen LogP contribution in [-0.4, -0.2) is 41.2 Å². The second-order valence-electron chi connectivity index (χ2n) is 4.50. The molecule has 2 aromatic heterocycles. The highest BCUT2D eigenvalue weighted by Crippen LogP contribution is 2.02. The van der Waals surface area contributed by atoms with Crippen LogP contribution in [-0.2, 0) is 0 Å². The van der Waals surface area contributed by atoms with Crippen molar-refractivity contribution in [2.45, 2.75) is 27.7 Å². The molecule has 2 heterocycles. The summed E-state index contributed by atoms with van der Waals surface area (Å²) in [5.41, 5.74) is 6.66. The lowest BCUT2D eigenvalue weighted by Crippen LogP contribution is -2.17. The van der Waals surface area contributed by atoms with Crippen LogP contribution in [0.4, 0.5) is 11.9 Å². The average molecular weight is 306 g/mol. The summed E-state index contributed by atoms with van der Waals surface area (Å²) in [6.45, 7) is 7.01. The second-order valence-corrected chi connectivity index (χ2v) is 4.50. The standard InChI is InChI=1S/C10H18N12/c1-5(13-17-9-19-15-7(3)21(9)11)6(2)14-18-10-20-16-8(4)22(10)12/h11-12H2,1-4H3,(H,17,19)(H,18,20)/b13-5-,14-6+. The lowest BCUT2D eigenvalue weighted by atomic mass is 10.3. The number of aromatic nitrogens is 6. The molecule has 0 bridgehead atoms. The molecule has 12 heteroatoms. The largest absolute Gasteiger partial charge is 0.335 e. The number of nitrogen functional groups attached to an aromatic ring is 2. The lowest BCUT2D eigenvalue weighted by molar-refractivity contribution is 0.925. The third-order valence-electron chi connectivity index (χ3n) is 2.90. The summed E-state index contributed by atoms with van der Waals surface area (Å²) in [6, 6.07) is 0. The van der Waals surface area contributed by atoms with Crippen LogP contribution in [0.25, 0.3) is 0 Å². The molecule has 0 aliphatic carbocycles. The topological polar surface area (TPSA) is 162 Å². The Hall–Kier alpha value is -3.18. The van der Waals surface area contributed by atoms with Gasteiger partial charge in [-0.2, -0.15) is 10.2 Å². The van der Waals surface area contributed by atoms with Crippen molar-refractivity contribution in [2.24, 2.45) is 10.2 Å². The molecule has 2 aromatic rings. The predicted octanol–water partition coefficient (Wildman–Crippen LogP) is -0.810. The molecule has 6 N–H and O–H groups in total. The summed E-state index contributed by atoms with van der Waals surface area (Å²) in [6.07, 6.45) is 0. The van der Waals surface area contributed by atoms with Crippen molar-refractivity contribution < 1.29 is 0 Å². The fourth-order valence-corrected chi connectivity index (χ4v) is 1.32. The minimum absolute atomic E-state index is 0.329. The van der Waals surface area contributed by atoms with Gasteiger partial charge in [0.1, 0.15) is 0 Å². The van der Waals surface area contributed by atoms with Crippen LogP contribution in [0.15, 0.2) is 10.2 Å². The first-order valence-corrected chi connectivity index (χ1v) is 6.35. The number of nitrogens with two attached hydrogens (primary N) is 2. The molecule has 2 rings (SSSR count). The summed E-state index contributed by atoms with van der Waals surface area (Å²) < 4.78 is 2.59. The van der Waals surface area contributed by atoms with Crippen molar-refractivity contribution in [1.29, 1.82) is 0 Å². The third-order valence-corrected chi connectivity index (χ3v) is 2.90. The van der Waals surface area contributed by atoms with Crippen LogP contribution in [0.3, 0.4) is 0 Å². The fourth-order valence-electron chi connectivity index (χ4n) is 1.32. The molecule has 118 valence electrons. The first kappa shape index (κ1) is 15.2. The zero-order valence-electron chi connectivity index (χ0n) is 12.7. The van der Waals surface area contributed by atoms with Crippen LogP contribution in [0.1, 0.15) is 25.5 Å². The van der Waals surface area contributed by atoms with Gasteiger partial charge in [0.25, 0.3) is 11.9 Å². The van der Waals surface area contributed by atoms with Gasteiger partial charge in [-0.05, 0) is 27.7 Å². The van der Waals surface area contributed by atoms with E-state index in [1.54, 1.807) is 27.7 Å². The normalized spacial score (nSPS) is 12.5. The first-order valence-electron chi connectivity index (χ1n) is 6.35. The summed E-state index contributed by atoms with van der Waals surface area (Å²) in [5, 5.41) is 23.5. The van der Waals surface area contributed by atoms with Crippen LogP contribution in [0.5, 0.6) is 0 Å². The maximum atomic E-state index is 5.70. The summed E-state index contributed by atoms with van der Waals surface area (Å²) in [7, 11) is 0. The Morgan fingerprint density at radius 1 is 0.818 bits per heavy atom. The highest BCUT2D eigenvalue weighted by Gasteiger charge is 2.06. The van der Waals surface area contributed by atoms with Gasteiger partial charge in [0.05, 0.1) is 11.4 Å². The number of hydrogen-bond donors (Lipinski definition) is 4. The highest BCUT2D eigenvalue weighted by molar-refractivity contribution is 6.40. The van der Waals surface area contributed by atoms with Crippen molar-refractivity contribution in [3.63, 3.8) is 0 Å². The second kappa shape index (κ2) is 6.07. The molecule has 0 unspecified atom stereocenters. The molecular formula is C10H18N12. The Bertz CT molecular complexity index is 658. The zero-order chi connectivity index (χ0) is 16.3. The maximum Gasteiger partial charge on any atom is 0.263 e. The van der Waals surface area contributed by atoms with E-state index in [1.165, 1.54) is 9.35 Å². The van der Waals surface area contributed by atoms with E-state index in [0.717, 1.165) is 0 Å². The molecule has 22 heavy (non-hydrogen) atoms. The molecule has 12 nitrogen and oxygen atoms in total. The van der Waals surface area contributed by atoms with Gasteiger partial charge in [-0.1, -0.05) is 0 Å². The quantitative estimate of drug-likeness (QED) is 0.316. The van der Waals surface area contributed by atoms with Crippen LogP contribution in [0, 0.1) is 13.8 Å². The molecule has 0 aliphatic heterocycles. The van der Waals surface area contributed by atoms with Crippen molar-refractivity contribution in [2.75, 3.05) is 22.5 Å². The Morgan fingerprint density at radius 3 is 1.45 bits per heavy atom. The van der Waals surface area contributed by atoms with Gasteiger partial charge in [0.2, 0.25) is 0 Å². The lowest BCUT2D eigenvalue weighted by Gasteiger charge is -2.04. The molecule has 0 radical (unpaired) electrons. The SMILES string of the molecule is CC(=N/Nc1nnc(C)n1N)/C(C)=N/Nc1nnc(C)n1N. The molecule has 0 saturated carbocycles. The van der Waals surface area contributed by atoms with Gasteiger partial charge in [-0.15, -0.1) is 20.4 Å². The van der Waals surface area contributed by atoms with E-state index >= 15 is 0 Å². The van der Waals surface area contributed by atoms with Crippen molar-refractivity contribution in [3.05, 3.63) is 11.6 Å².